The van der Waals surface area contributed by atoms with Gasteiger partial charge in [-0.25, -0.2) is 0 Å². The molecular weight excluding hydrogens is 172 g/mol. The molecule has 0 unspecified atom stereocenters. The Balaban J connectivity index is 2.59. The molecule has 2 rings (SSSR count). The molecule has 4 nitrogen and oxygen atoms in total. The van der Waals surface area contributed by atoms with Gasteiger partial charge in [0.15, 0.2) is 17.8 Å². The molecule has 0 bridgehead atoms. The van der Waals surface area contributed by atoms with Crippen LogP contribution in [0.2, 0.25) is 0 Å². The molecule has 4 heteroatoms. The van der Waals surface area contributed by atoms with Crippen LogP contribution in [0.15, 0.2) is 12.1 Å². The molecule has 0 radical (unpaired) electrons. The summed E-state index contributed by atoms with van der Waals surface area (Å²) in [5, 5.41) is 0. The van der Waals surface area contributed by atoms with Crippen molar-refractivity contribution in [2.24, 2.45) is 0 Å². The summed E-state index contributed by atoms with van der Waals surface area (Å²) in [4.78, 5) is 10.7. The summed E-state index contributed by atoms with van der Waals surface area (Å²) in [5.74, 6) is 1.55. The van der Waals surface area contributed by atoms with Crippen LogP contribution in [0.3, 0.4) is 0 Å². The number of fused-ring (bicyclic) bond motifs is 1. The van der Waals surface area contributed by atoms with Crippen LogP contribution in [0.4, 0.5) is 0 Å². The number of ether oxygens (including phenoxy) is 3. The van der Waals surface area contributed by atoms with E-state index in [-0.39, 0.29) is 6.79 Å². The molecule has 0 atom stereocenters. The van der Waals surface area contributed by atoms with E-state index in [2.05, 4.69) is 0 Å². The fourth-order valence-electron chi connectivity index (χ4n) is 1.27. The van der Waals surface area contributed by atoms with Crippen molar-refractivity contribution in [3.05, 3.63) is 17.7 Å². The molecule has 0 amide bonds. The average molecular weight is 180 g/mol. The normalized spacial score (nSPS) is 12.7. The largest absolute Gasteiger partial charge is 0.496 e. The number of rotatable bonds is 2. The smallest absolute Gasteiger partial charge is 0.231 e. The van der Waals surface area contributed by atoms with Gasteiger partial charge in [0.25, 0.3) is 0 Å². The first kappa shape index (κ1) is 7.91. The van der Waals surface area contributed by atoms with E-state index in [0.717, 1.165) is 0 Å². The molecule has 0 saturated heterocycles. The highest BCUT2D eigenvalue weighted by Gasteiger charge is 2.20. The van der Waals surface area contributed by atoms with Gasteiger partial charge < -0.3 is 14.2 Å². The highest BCUT2D eigenvalue weighted by atomic mass is 16.7. The SMILES string of the molecule is COc1ccc2c(c1C=O)OCO2. The average Bonchev–Trinajstić information content (AvgIpc) is 2.63. The number of methoxy groups -OCH3 is 1. The van der Waals surface area contributed by atoms with Gasteiger partial charge in [0.05, 0.1) is 7.11 Å². The molecule has 13 heavy (non-hydrogen) atoms. The molecule has 0 aromatic heterocycles. The van der Waals surface area contributed by atoms with Crippen LogP contribution >= 0.6 is 0 Å². The maximum Gasteiger partial charge on any atom is 0.231 e. The van der Waals surface area contributed by atoms with E-state index in [1.165, 1.54) is 7.11 Å². The van der Waals surface area contributed by atoms with Crippen LogP contribution in [-0.2, 0) is 0 Å². The summed E-state index contributed by atoms with van der Waals surface area (Å²) in [6, 6.07) is 3.39. The van der Waals surface area contributed by atoms with Gasteiger partial charge in [0.1, 0.15) is 11.3 Å². The van der Waals surface area contributed by atoms with Crippen molar-refractivity contribution in [3.63, 3.8) is 0 Å². The lowest BCUT2D eigenvalue weighted by Crippen LogP contribution is -1.95. The highest BCUT2D eigenvalue weighted by Crippen LogP contribution is 2.39. The summed E-state index contributed by atoms with van der Waals surface area (Å²) in [5.41, 5.74) is 0.400. The number of hydrogen-bond acceptors (Lipinski definition) is 4. The molecule has 0 N–H and O–H groups in total. The van der Waals surface area contributed by atoms with Gasteiger partial charge in [-0.15, -0.1) is 0 Å². The lowest BCUT2D eigenvalue weighted by Gasteiger charge is -2.05. The van der Waals surface area contributed by atoms with E-state index in [4.69, 9.17) is 14.2 Å². The number of hydrogen-bond donors (Lipinski definition) is 0. The van der Waals surface area contributed by atoms with Gasteiger partial charge in [0.2, 0.25) is 6.79 Å². The fourth-order valence-corrected chi connectivity index (χ4v) is 1.27. The highest BCUT2D eigenvalue weighted by molar-refractivity contribution is 5.85. The van der Waals surface area contributed by atoms with Crippen LogP contribution in [0, 0.1) is 0 Å². The van der Waals surface area contributed by atoms with Gasteiger partial charge in [0, 0.05) is 0 Å². The lowest BCUT2D eigenvalue weighted by molar-refractivity contribution is 0.111. The second-order valence-electron chi connectivity index (χ2n) is 2.53. The van der Waals surface area contributed by atoms with Crippen molar-refractivity contribution in [1.82, 2.24) is 0 Å². The van der Waals surface area contributed by atoms with Gasteiger partial charge in [-0.1, -0.05) is 0 Å². The van der Waals surface area contributed by atoms with Crippen LogP contribution < -0.4 is 14.2 Å². The third-order valence-corrected chi connectivity index (χ3v) is 1.88. The maximum atomic E-state index is 10.7. The molecule has 1 heterocycles. The van der Waals surface area contributed by atoms with Crippen LogP contribution in [0.25, 0.3) is 0 Å². The molecule has 1 aliphatic rings. The van der Waals surface area contributed by atoms with Gasteiger partial charge >= 0.3 is 0 Å². The number of carbonyl (C=O) groups excluding carboxylic acids is 1. The fraction of sp³-hybridized carbons (Fsp3) is 0.222. The van der Waals surface area contributed by atoms with Crippen LogP contribution in [-0.4, -0.2) is 20.2 Å². The van der Waals surface area contributed by atoms with E-state index in [9.17, 15) is 4.79 Å². The minimum atomic E-state index is 0.156. The molecule has 0 saturated carbocycles. The monoisotopic (exact) mass is 180 g/mol. The Morgan fingerprint density at radius 1 is 1.46 bits per heavy atom. The van der Waals surface area contributed by atoms with E-state index >= 15 is 0 Å². The predicted molar refractivity (Wildman–Crippen MR) is 44.5 cm³/mol. The number of benzene rings is 1. The zero-order chi connectivity index (χ0) is 9.26. The first-order chi connectivity index (χ1) is 6.36. The van der Waals surface area contributed by atoms with Crippen molar-refractivity contribution >= 4 is 6.29 Å². The van der Waals surface area contributed by atoms with E-state index < -0.39 is 0 Å². The standard InChI is InChI=1S/C9H8O4/c1-11-7-2-3-8-9(6(7)4-10)13-5-12-8/h2-4H,5H2,1H3. The Labute approximate surface area is 75.0 Å². The molecule has 1 aliphatic heterocycles. The third-order valence-electron chi connectivity index (χ3n) is 1.88. The zero-order valence-corrected chi connectivity index (χ0v) is 7.07. The van der Waals surface area contributed by atoms with E-state index in [1.54, 1.807) is 12.1 Å². The first-order valence-corrected chi connectivity index (χ1v) is 3.78. The minimum Gasteiger partial charge on any atom is -0.496 e. The van der Waals surface area contributed by atoms with Crippen molar-refractivity contribution in [1.29, 1.82) is 0 Å². The molecule has 68 valence electrons. The van der Waals surface area contributed by atoms with Crippen molar-refractivity contribution in [2.45, 2.75) is 0 Å². The Morgan fingerprint density at radius 3 is 3.00 bits per heavy atom. The van der Waals surface area contributed by atoms with E-state index in [0.29, 0.717) is 29.1 Å². The number of aldehydes is 1. The Morgan fingerprint density at radius 2 is 2.31 bits per heavy atom. The molecule has 1 aromatic carbocycles. The summed E-state index contributed by atoms with van der Waals surface area (Å²) in [7, 11) is 1.50. The summed E-state index contributed by atoms with van der Waals surface area (Å²) < 4.78 is 15.2. The van der Waals surface area contributed by atoms with Crippen molar-refractivity contribution in [3.8, 4) is 17.2 Å². The quantitative estimate of drug-likeness (QED) is 0.642. The maximum absolute atomic E-state index is 10.7. The topological polar surface area (TPSA) is 44.8 Å². The van der Waals surface area contributed by atoms with E-state index in [1.807, 2.05) is 0 Å². The van der Waals surface area contributed by atoms with Crippen LogP contribution in [0.5, 0.6) is 17.2 Å². The second-order valence-corrected chi connectivity index (χ2v) is 2.53. The molecule has 0 fully saturated rings. The third kappa shape index (κ3) is 1.11. The molecule has 0 aliphatic carbocycles. The summed E-state index contributed by atoms with van der Waals surface area (Å²) >= 11 is 0. The first-order valence-electron chi connectivity index (χ1n) is 3.78. The zero-order valence-electron chi connectivity index (χ0n) is 7.07. The number of carbonyl (C=O) groups is 1. The predicted octanol–water partition coefficient (Wildman–Crippen LogP) is 1.24. The molecule has 0 spiro atoms. The Bertz CT molecular complexity index is 346. The van der Waals surface area contributed by atoms with Crippen molar-refractivity contribution < 1.29 is 19.0 Å². The molecule has 1 aromatic rings. The van der Waals surface area contributed by atoms with Crippen molar-refractivity contribution in [2.75, 3.05) is 13.9 Å². The second kappa shape index (κ2) is 2.97. The summed E-state index contributed by atoms with van der Waals surface area (Å²) in [6.07, 6.45) is 0.701. The van der Waals surface area contributed by atoms with Gasteiger partial charge in [-0.05, 0) is 12.1 Å². The Hall–Kier alpha value is -1.71. The molecular formula is C9H8O4. The van der Waals surface area contributed by atoms with Gasteiger partial charge in [-0.2, -0.15) is 0 Å². The minimum absolute atomic E-state index is 0.156. The van der Waals surface area contributed by atoms with Gasteiger partial charge in [-0.3, -0.25) is 4.79 Å². The summed E-state index contributed by atoms with van der Waals surface area (Å²) in [6.45, 7) is 0.156. The Kier molecular flexibility index (Phi) is 1.81. The van der Waals surface area contributed by atoms with Crippen LogP contribution in [0.1, 0.15) is 10.4 Å². The lowest BCUT2D eigenvalue weighted by atomic mass is 10.2.